The summed E-state index contributed by atoms with van der Waals surface area (Å²) >= 11 is 0. The van der Waals surface area contributed by atoms with E-state index < -0.39 is 0 Å². The van der Waals surface area contributed by atoms with Crippen molar-refractivity contribution in [2.24, 2.45) is 0 Å². The van der Waals surface area contributed by atoms with Gasteiger partial charge in [0.05, 0.1) is 6.61 Å². The summed E-state index contributed by atoms with van der Waals surface area (Å²) in [6, 6.07) is 7.08. The van der Waals surface area contributed by atoms with Crippen LogP contribution in [0.2, 0.25) is 0 Å². The van der Waals surface area contributed by atoms with E-state index in [1.165, 1.54) is 0 Å². The second-order valence-electron chi connectivity index (χ2n) is 3.36. The van der Waals surface area contributed by atoms with E-state index >= 15 is 0 Å². The molecule has 13 heavy (non-hydrogen) atoms. The lowest BCUT2D eigenvalue weighted by atomic mass is 10.1. The number of rotatable bonds is 1. The SMILES string of the molecule is CC1(c2ccc(O)cc2)NCCO1. The molecular weight excluding hydrogens is 166 g/mol. The number of hydrogen-bond donors (Lipinski definition) is 2. The Labute approximate surface area is 77.3 Å². The zero-order valence-corrected chi connectivity index (χ0v) is 7.58. The summed E-state index contributed by atoms with van der Waals surface area (Å²) in [5, 5.41) is 12.4. The fourth-order valence-electron chi connectivity index (χ4n) is 1.56. The summed E-state index contributed by atoms with van der Waals surface area (Å²) in [6.07, 6.45) is 0. The molecule has 1 aliphatic heterocycles. The number of hydrogen-bond acceptors (Lipinski definition) is 3. The van der Waals surface area contributed by atoms with Gasteiger partial charge in [-0.1, -0.05) is 12.1 Å². The fraction of sp³-hybridized carbons (Fsp3) is 0.400. The molecule has 70 valence electrons. The minimum absolute atomic E-state index is 0.283. The molecule has 0 saturated carbocycles. The largest absolute Gasteiger partial charge is 0.508 e. The monoisotopic (exact) mass is 179 g/mol. The van der Waals surface area contributed by atoms with E-state index in [2.05, 4.69) is 5.32 Å². The van der Waals surface area contributed by atoms with Crippen molar-refractivity contribution in [3.8, 4) is 5.75 Å². The zero-order valence-electron chi connectivity index (χ0n) is 7.58. The summed E-state index contributed by atoms with van der Waals surface area (Å²) in [5.74, 6) is 0.283. The summed E-state index contributed by atoms with van der Waals surface area (Å²) in [6.45, 7) is 3.60. The molecule has 0 amide bonds. The molecule has 1 heterocycles. The molecule has 1 aliphatic rings. The van der Waals surface area contributed by atoms with Crippen LogP contribution in [0, 0.1) is 0 Å². The van der Waals surface area contributed by atoms with Crippen molar-refractivity contribution in [3.63, 3.8) is 0 Å². The van der Waals surface area contributed by atoms with Crippen molar-refractivity contribution >= 4 is 0 Å². The van der Waals surface area contributed by atoms with Gasteiger partial charge >= 0.3 is 0 Å². The van der Waals surface area contributed by atoms with Crippen molar-refractivity contribution in [1.29, 1.82) is 0 Å². The number of phenols is 1. The van der Waals surface area contributed by atoms with Crippen LogP contribution in [0.4, 0.5) is 0 Å². The van der Waals surface area contributed by atoms with Gasteiger partial charge < -0.3 is 9.84 Å². The number of aromatic hydroxyl groups is 1. The molecule has 1 aromatic rings. The molecule has 3 nitrogen and oxygen atoms in total. The van der Waals surface area contributed by atoms with E-state index in [4.69, 9.17) is 9.84 Å². The van der Waals surface area contributed by atoms with E-state index in [9.17, 15) is 0 Å². The van der Waals surface area contributed by atoms with Crippen LogP contribution in [0.1, 0.15) is 12.5 Å². The van der Waals surface area contributed by atoms with Crippen molar-refractivity contribution in [2.45, 2.75) is 12.6 Å². The highest BCUT2D eigenvalue weighted by molar-refractivity contribution is 5.29. The first-order valence-electron chi connectivity index (χ1n) is 4.39. The van der Waals surface area contributed by atoms with E-state index in [-0.39, 0.29) is 11.5 Å². The third-order valence-electron chi connectivity index (χ3n) is 2.37. The average Bonchev–Trinajstić information content (AvgIpc) is 2.54. The van der Waals surface area contributed by atoms with Gasteiger partial charge in [-0.05, 0) is 24.6 Å². The van der Waals surface area contributed by atoms with Gasteiger partial charge in [-0.25, -0.2) is 0 Å². The molecule has 3 heteroatoms. The number of phenolic OH excluding ortho intramolecular Hbond substituents is 1. The molecule has 0 radical (unpaired) electrons. The first kappa shape index (κ1) is 8.53. The lowest BCUT2D eigenvalue weighted by Crippen LogP contribution is -2.34. The zero-order chi connectivity index (χ0) is 9.31. The highest BCUT2D eigenvalue weighted by atomic mass is 16.5. The Morgan fingerprint density at radius 2 is 2.08 bits per heavy atom. The molecule has 0 aromatic heterocycles. The van der Waals surface area contributed by atoms with Gasteiger partial charge in [-0.3, -0.25) is 5.32 Å². The van der Waals surface area contributed by atoms with Crippen LogP contribution in [-0.4, -0.2) is 18.3 Å². The van der Waals surface area contributed by atoms with E-state index in [0.29, 0.717) is 0 Å². The van der Waals surface area contributed by atoms with Crippen LogP contribution >= 0.6 is 0 Å². The van der Waals surface area contributed by atoms with E-state index in [1.54, 1.807) is 12.1 Å². The second-order valence-corrected chi connectivity index (χ2v) is 3.36. The summed E-state index contributed by atoms with van der Waals surface area (Å²) < 4.78 is 5.57. The van der Waals surface area contributed by atoms with Crippen molar-refractivity contribution in [1.82, 2.24) is 5.32 Å². The lowest BCUT2D eigenvalue weighted by Gasteiger charge is -2.23. The number of benzene rings is 1. The fourth-order valence-corrected chi connectivity index (χ4v) is 1.56. The third kappa shape index (κ3) is 1.53. The molecule has 0 spiro atoms. The normalized spacial score (nSPS) is 27.8. The maximum atomic E-state index is 9.12. The Bertz CT molecular complexity index is 288. The van der Waals surface area contributed by atoms with Gasteiger partial charge in [-0.2, -0.15) is 0 Å². The van der Waals surface area contributed by atoms with Gasteiger partial charge in [0, 0.05) is 6.54 Å². The highest BCUT2D eigenvalue weighted by Crippen LogP contribution is 2.26. The number of ether oxygens (including phenoxy) is 1. The van der Waals surface area contributed by atoms with Crippen molar-refractivity contribution in [2.75, 3.05) is 13.2 Å². The predicted molar refractivity (Wildman–Crippen MR) is 49.4 cm³/mol. The topological polar surface area (TPSA) is 41.5 Å². The molecule has 0 aliphatic carbocycles. The van der Waals surface area contributed by atoms with Crippen LogP contribution in [-0.2, 0) is 10.5 Å². The molecular formula is C10H13NO2. The predicted octanol–water partition coefficient (Wildman–Crippen LogP) is 1.18. The Morgan fingerprint density at radius 3 is 2.62 bits per heavy atom. The highest BCUT2D eigenvalue weighted by Gasteiger charge is 2.30. The van der Waals surface area contributed by atoms with Gasteiger partial charge in [0.2, 0.25) is 0 Å². The van der Waals surface area contributed by atoms with Gasteiger partial charge in [0.1, 0.15) is 11.5 Å². The quantitative estimate of drug-likeness (QED) is 0.680. The van der Waals surface area contributed by atoms with Crippen LogP contribution in [0.3, 0.4) is 0 Å². The molecule has 1 atom stereocenters. The molecule has 1 fully saturated rings. The first-order chi connectivity index (χ1) is 6.21. The van der Waals surface area contributed by atoms with Gasteiger partial charge in [-0.15, -0.1) is 0 Å². The van der Waals surface area contributed by atoms with Gasteiger partial charge in [0.15, 0.2) is 0 Å². The molecule has 1 aromatic carbocycles. The van der Waals surface area contributed by atoms with Gasteiger partial charge in [0.25, 0.3) is 0 Å². The summed E-state index contributed by atoms with van der Waals surface area (Å²) in [7, 11) is 0. The molecule has 0 bridgehead atoms. The molecule has 2 rings (SSSR count). The van der Waals surface area contributed by atoms with Crippen LogP contribution in [0.5, 0.6) is 5.75 Å². The maximum Gasteiger partial charge on any atom is 0.142 e. The second kappa shape index (κ2) is 3.01. The summed E-state index contributed by atoms with van der Waals surface area (Å²) in [5.41, 5.74) is 0.663. The maximum absolute atomic E-state index is 9.12. The minimum atomic E-state index is -0.381. The third-order valence-corrected chi connectivity index (χ3v) is 2.37. The summed E-state index contributed by atoms with van der Waals surface area (Å²) in [4.78, 5) is 0. The minimum Gasteiger partial charge on any atom is -0.508 e. The molecule has 2 N–H and O–H groups in total. The molecule has 1 unspecified atom stereocenters. The Balaban J connectivity index is 2.29. The Kier molecular flexibility index (Phi) is 1.98. The van der Waals surface area contributed by atoms with E-state index in [0.717, 1.165) is 18.7 Å². The lowest BCUT2D eigenvalue weighted by molar-refractivity contribution is 0.00245. The molecule has 1 saturated heterocycles. The average molecular weight is 179 g/mol. The number of nitrogens with one attached hydrogen (secondary N) is 1. The van der Waals surface area contributed by atoms with Crippen molar-refractivity contribution < 1.29 is 9.84 Å². The Morgan fingerprint density at radius 1 is 1.38 bits per heavy atom. The smallest absolute Gasteiger partial charge is 0.142 e. The standard InChI is InChI=1S/C10H13NO2/c1-10(11-6-7-13-10)8-2-4-9(12)5-3-8/h2-5,11-12H,6-7H2,1H3. The first-order valence-corrected chi connectivity index (χ1v) is 4.39. The van der Waals surface area contributed by atoms with Crippen LogP contribution in [0.15, 0.2) is 24.3 Å². The van der Waals surface area contributed by atoms with Crippen molar-refractivity contribution in [3.05, 3.63) is 29.8 Å². The van der Waals surface area contributed by atoms with E-state index in [1.807, 2.05) is 19.1 Å². The van der Waals surface area contributed by atoms with Crippen LogP contribution < -0.4 is 5.32 Å². The van der Waals surface area contributed by atoms with Crippen LogP contribution in [0.25, 0.3) is 0 Å². The Hall–Kier alpha value is -1.06.